The zero-order chi connectivity index (χ0) is 14.5. The maximum absolute atomic E-state index is 14.2. The first kappa shape index (κ1) is 14.7. The Kier molecular flexibility index (Phi) is 4.90. The van der Waals surface area contributed by atoms with Crippen LogP contribution < -0.4 is 5.32 Å². The summed E-state index contributed by atoms with van der Waals surface area (Å²) in [5.41, 5.74) is 1.51. The van der Waals surface area contributed by atoms with Crippen molar-refractivity contribution in [3.8, 4) is 5.69 Å². The third-order valence-corrected chi connectivity index (χ3v) is 3.32. The lowest BCUT2D eigenvalue weighted by molar-refractivity contribution is 0.536. The lowest BCUT2D eigenvalue weighted by atomic mass is 10.1. The second-order valence-electron chi connectivity index (χ2n) is 5.49. The standard InChI is InChI=1S/C16H22FN3/c1-12(2)6-7-18-11-14-4-5-16(15(17)10-14)20-9-8-19-13(20)3/h4-5,8-10,12,18H,6-7,11H2,1-3H3. The summed E-state index contributed by atoms with van der Waals surface area (Å²) in [6.45, 7) is 7.92. The van der Waals surface area contributed by atoms with Crippen molar-refractivity contribution >= 4 is 0 Å². The molecule has 0 aliphatic rings. The number of halogens is 1. The molecular weight excluding hydrogens is 253 g/mol. The van der Waals surface area contributed by atoms with Crippen LogP contribution in [0.4, 0.5) is 4.39 Å². The molecule has 1 aromatic carbocycles. The van der Waals surface area contributed by atoms with Crippen LogP contribution in [0, 0.1) is 18.7 Å². The Balaban J connectivity index is 2.01. The SMILES string of the molecule is Cc1nccn1-c1ccc(CNCCC(C)C)cc1F. The molecule has 0 amide bonds. The smallest absolute Gasteiger partial charge is 0.147 e. The molecule has 0 saturated carbocycles. The molecule has 3 nitrogen and oxygen atoms in total. The molecule has 0 saturated heterocycles. The molecular formula is C16H22FN3. The fourth-order valence-electron chi connectivity index (χ4n) is 2.11. The van der Waals surface area contributed by atoms with Crippen molar-refractivity contribution in [3.05, 3.63) is 47.8 Å². The fourth-order valence-corrected chi connectivity index (χ4v) is 2.11. The third-order valence-electron chi connectivity index (χ3n) is 3.32. The van der Waals surface area contributed by atoms with Crippen molar-refractivity contribution in [1.29, 1.82) is 0 Å². The van der Waals surface area contributed by atoms with Crippen molar-refractivity contribution in [2.45, 2.75) is 33.7 Å². The molecule has 2 rings (SSSR count). The van der Waals surface area contributed by atoms with Crippen molar-refractivity contribution in [3.63, 3.8) is 0 Å². The molecule has 1 N–H and O–H groups in total. The van der Waals surface area contributed by atoms with Gasteiger partial charge in [-0.05, 0) is 43.5 Å². The first-order valence-electron chi connectivity index (χ1n) is 7.07. The van der Waals surface area contributed by atoms with Gasteiger partial charge in [0, 0.05) is 18.9 Å². The highest BCUT2D eigenvalue weighted by Gasteiger charge is 2.07. The van der Waals surface area contributed by atoms with E-state index < -0.39 is 0 Å². The van der Waals surface area contributed by atoms with E-state index in [0.717, 1.165) is 24.4 Å². The lowest BCUT2D eigenvalue weighted by Crippen LogP contribution is -2.16. The van der Waals surface area contributed by atoms with E-state index in [4.69, 9.17) is 0 Å². The molecule has 2 aromatic rings. The van der Waals surface area contributed by atoms with Gasteiger partial charge >= 0.3 is 0 Å². The summed E-state index contributed by atoms with van der Waals surface area (Å²) in [5.74, 6) is 1.26. The minimum Gasteiger partial charge on any atom is -0.313 e. The van der Waals surface area contributed by atoms with Crippen LogP contribution in [0.3, 0.4) is 0 Å². The average Bonchev–Trinajstić information content (AvgIpc) is 2.81. The van der Waals surface area contributed by atoms with E-state index in [1.165, 1.54) is 0 Å². The van der Waals surface area contributed by atoms with Crippen LogP contribution in [-0.4, -0.2) is 16.1 Å². The van der Waals surface area contributed by atoms with Crippen molar-refractivity contribution < 1.29 is 4.39 Å². The summed E-state index contributed by atoms with van der Waals surface area (Å²) in [7, 11) is 0. The van der Waals surface area contributed by atoms with Crippen LogP contribution >= 0.6 is 0 Å². The summed E-state index contributed by atoms with van der Waals surface area (Å²) >= 11 is 0. The number of nitrogens with zero attached hydrogens (tertiary/aromatic N) is 2. The molecule has 0 radical (unpaired) electrons. The quantitative estimate of drug-likeness (QED) is 0.818. The van der Waals surface area contributed by atoms with Gasteiger partial charge in [-0.2, -0.15) is 0 Å². The zero-order valence-corrected chi connectivity index (χ0v) is 12.4. The Morgan fingerprint density at radius 2 is 2.15 bits per heavy atom. The molecule has 0 aliphatic heterocycles. The first-order chi connectivity index (χ1) is 9.58. The van der Waals surface area contributed by atoms with Gasteiger partial charge in [-0.15, -0.1) is 0 Å². The van der Waals surface area contributed by atoms with Gasteiger partial charge in [0.05, 0.1) is 5.69 Å². The minimum atomic E-state index is -0.214. The molecule has 0 bridgehead atoms. The normalized spacial score (nSPS) is 11.2. The molecule has 4 heteroatoms. The summed E-state index contributed by atoms with van der Waals surface area (Å²) in [6, 6.07) is 5.36. The van der Waals surface area contributed by atoms with Crippen LogP contribution in [-0.2, 0) is 6.54 Å². The van der Waals surface area contributed by atoms with Gasteiger partial charge in [-0.25, -0.2) is 9.37 Å². The van der Waals surface area contributed by atoms with Crippen molar-refractivity contribution in [1.82, 2.24) is 14.9 Å². The number of imidazole rings is 1. The number of rotatable bonds is 6. The van der Waals surface area contributed by atoms with E-state index in [1.807, 2.05) is 19.1 Å². The van der Waals surface area contributed by atoms with Crippen LogP contribution in [0.25, 0.3) is 5.69 Å². The number of benzene rings is 1. The Hall–Kier alpha value is -1.68. The summed E-state index contributed by atoms with van der Waals surface area (Å²) in [6.07, 6.45) is 4.58. The summed E-state index contributed by atoms with van der Waals surface area (Å²) in [4.78, 5) is 4.12. The summed E-state index contributed by atoms with van der Waals surface area (Å²) in [5, 5.41) is 3.34. The Bertz CT molecular complexity index is 561. The van der Waals surface area contributed by atoms with Gasteiger partial charge in [0.1, 0.15) is 11.6 Å². The zero-order valence-electron chi connectivity index (χ0n) is 12.4. The topological polar surface area (TPSA) is 29.9 Å². The molecule has 0 atom stereocenters. The molecule has 1 aromatic heterocycles. The summed E-state index contributed by atoms with van der Waals surface area (Å²) < 4.78 is 15.9. The highest BCUT2D eigenvalue weighted by atomic mass is 19.1. The molecule has 1 heterocycles. The van der Waals surface area contributed by atoms with Crippen LogP contribution in [0.1, 0.15) is 31.7 Å². The number of aromatic nitrogens is 2. The highest BCUT2D eigenvalue weighted by molar-refractivity contribution is 5.37. The predicted octanol–water partition coefficient (Wildman–Crippen LogP) is 3.46. The van der Waals surface area contributed by atoms with Crippen LogP contribution in [0.2, 0.25) is 0 Å². The molecule has 108 valence electrons. The lowest BCUT2D eigenvalue weighted by Gasteiger charge is -2.10. The van der Waals surface area contributed by atoms with E-state index in [-0.39, 0.29) is 5.82 Å². The number of nitrogens with one attached hydrogen (secondary N) is 1. The fraction of sp³-hybridized carbons (Fsp3) is 0.438. The average molecular weight is 275 g/mol. The van der Waals surface area contributed by atoms with Gasteiger partial charge < -0.3 is 9.88 Å². The second-order valence-corrected chi connectivity index (χ2v) is 5.49. The van der Waals surface area contributed by atoms with Gasteiger partial charge in [0.15, 0.2) is 0 Å². The number of aryl methyl sites for hydroxylation is 1. The van der Waals surface area contributed by atoms with E-state index in [9.17, 15) is 4.39 Å². The van der Waals surface area contributed by atoms with Gasteiger partial charge in [-0.1, -0.05) is 19.9 Å². The Morgan fingerprint density at radius 3 is 2.75 bits per heavy atom. The Morgan fingerprint density at radius 1 is 1.35 bits per heavy atom. The van der Waals surface area contributed by atoms with Gasteiger partial charge in [-0.3, -0.25) is 0 Å². The van der Waals surface area contributed by atoms with Crippen LogP contribution in [0.15, 0.2) is 30.6 Å². The maximum Gasteiger partial charge on any atom is 0.147 e. The second kappa shape index (κ2) is 6.66. The first-order valence-corrected chi connectivity index (χ1v) is 7.07. The monoisotopic (exact) mass is 275 g/mol. The van der Waals surface area contributed by atoms with E-state index >= 15 is 0 Å². The van der Waals surface area contributed by atoms with Crippen molar-refractivity contribution in [2.75, 3.05) is 6.54 Å². The van der Waals surface area contributed by atoms with Crippen molar-refractivity contribution in [2.24, 2.45) is 5.92 Å². The van der Waals surface area contributed by atoms with Gasteiger partial charge in [0.25, 0.3) is 0 Å². The number of hydrogen-bond donors (Lipinski definition) is 1. The Labute approximate surface area is 119 Å². The maximum atomic E-state index is 14.2. The third kappa shape index (κ3) is 3.67. The highest BCUT2D eigenvalue weighted by Crippen LogP contribution is 2.16. The van der Waals surface area contributed by atoms with E-state index in [0.29, 0.717) is 18.2 Å². The van der Waals surface area contributed by atoms with E-state index in [2.05, 4.69) is 24.1 Å². The minimum absolute atomic E-state index is 0.214. The largest absolute Gasteiger partial charge is 0.313 e. The molecule has 20 heavy (non-hydrogen) atoms. The predicted molar refractivity (Wildman–Crippen MR) is 79.4 cm³/mol. The molecule has 0 unspecified atom stereocenters. The van der Waals surface area contributed by atoms with Crippen LogP contribution in [0.5, 0.6) is 0 Å². The number of hydrogen-bond acceptors (Lipinski definition) is 2. The molecule has 0 fully saturated rings. The molecule has 0 aliphatic carbocycles. The van der Waals surface area contributed by atoms with E-state index in [1.54, 1.807) is 23.0 Å². The molecule has 0 spiro atoms. The van der Waals surface area contributed by atoms with Gasteiger partial charge in [0.2, 0.25) is 0 Å².